The lowest BCUT2D eigenvalue weighted by atomic mass is 9.75. The van der Waals surface area contributed by atoms with Crippen molar-refractivity contribution in [2.75, 3.05) is 13.1 Å². The molecular formula is C16H18N2O. The van der Waals surface area contributed by atoms with Crippen LogP contribution in [0, 0.1) is 0 Å². The van der Waals surface area contributed by atoms with Gasteiger partial charge < -0.3 is 4.90 Å². The Morgan fingerprint density at radius 1 is 1.16 bits per heavy atom. The van der Waals surface area contributed by atoms with Gasteiger partial charge in [-0.3, -0.25) is 9.79 Å². The third-order valence-electron chi connectivity index (χ3n) is 4.03. The van der Waals surface area contributed by atoms with Crippen LogP contribution < -0.4 is 0 Å². The van der Waals surface area contributed by atoms with Gasteiger partial charge in [0.05, 0.1) is 5.41 Å². The minimum absolute atomic E-state index is 0.221. The molecule has 3 heteroatoms. The van der Waals surface area contributed by atoms with Crippen LogP contribution >= 0.6 is 0 Å². The SMILES string of the molecule is O=C(N1CCCC1)C1(c2ccccc2)C=CN=CC1. The van der Waals surface area contributed by atoms with Crippen LogP contribution in [-0.2, 0) is 10.2 Å². The summed E-state index contributed by atoms with van der Waals surface area (Å²) in [6, 6.07) is 10.1. The molecule has 1 aromatic rings. The summed E-state index contributed by atoms with van der Waals surface area (Å²) in [4.78, 5) is 19.1. The van der Waals surface area contributed by atoms with Gasteiger partial charge in [0.2, 0.25) is 5.91 Å². The molecule has 2 aliphatic rings. The Kier molecular flexibility index (Phi) is 3.20. The van der Waals surface area contributed by atoms with Crippen molar-refractivity contribution < 1.29 is 4.79 Å². The predicted molar refractivity (Wildman–Crippen MR) is 76.2 cm³/mol. The second kappa shape index (κ2) is 5.00. The molecular weight excluding hydrogens is 236 g/mol. The largest absolute Gasteiger partial charge is 0.342 e. The maximum Gasteiger partial charge on any atom is 0.237 e. The van der Waals surface area contributed by atoms with E-state index in [9.17, 15) is 4.79 Å². The van der Waals surface area contributed by atoms with Crippen LogP contribution in [0.1, 0.15) is 24.8 Å². The van der Waals surface area contributed by atoms with Gasteiger partial charge >= 0.3 is 0 Å². The Bertz CT molecular complexity index is 515. The molecule has 98 valence electrons. The van der Waals surface area contributed by atoms with Gasteiger partial charge in [0.25, 0.3) is 0 Å². The molecule has 1 aromatic carbocycles. The van der Waals surface area contributed by atoms with E-state index < -0.39 is 5.41 Å². The summed E-state index contributed by atoms with van der Waals surface area (Å²) in [5.74, 6) is 0.221. The van der Waals surface area contributed by atoms with Crippen molar-refractivity contribution in [3.63, 3.8) is 0 Å². The minimum atomic E-state index is -0.548. The number of amides is 1. The first-order valence-corrected chi connectivity index (χ1v) is 6.87. The number of aliphatic imine (C=N–C) groups is 1. The van der Waals surface area contributed by atoms with Crippen LogP contribution in [-0.4, -0.2) is 30.1 Å². The van der Waals surface area contributed by atoms with Crippen molar-refractivity contribution in [2.45, 2.75) is 24.7 Å². The van der Waals surface area contributed by atoms with Crippen molar-refractivity contribution in [1.82, 2.24) is 4.90 Å². The number of likely N-dealkylation sites (tertiary alicyclic amines) is 1. The molecule has 0 aromatic heterocycles. The van der Waals surface area contributed by atoms with Crippen LogP contribution in [0.15, 0.2) is 47.6 Å². The molecule has 0 radical (unpaired) electrons. The number of carbonyl (C=O) groups excluding carboxylic acids is 1. The Balaban J connectivity index is 2.00. The molecule has 1 amide bonds. The number of benzene rings is 1. The minimum Gasteiger partial charge on any atom is -0.342 e. The zero-order valence-corrected chi connectivity index (χ0v) is 11.0. The number of nitrogens with zero attached hydrogens (tertiary/aromatic N) is 2. The lowest BCUT2D eigenvalue weighted by molar-refractivity contribution is -0.134. The van der Waals surface area contributed by atoms with E-state index in [1.807, 2.05) is 47.5 Å². The fraction of sp³-hybridized carbons (Fsp3) is 0.375. The van der Waals surface area contributed by atoms with Gasteiger partial charge in [0, 0.05) is 31.9 Å². The Morgan fingerprint density at radius 3 is 2.53 bits per heavy atom. The lowest BCUT2D eigenvalue weighted by Crippen LogP contribution is -2.45. The summed E-state index contributed by atoms with van der Waals surface area (Å²) in [6.07, 6.45) is 8.46. The van der Waals surface area contributed by atoms with E-state index in [2.05, 4.69) is 4.99 Å². The van der Waals surface area contributed by atoms with Crippen molar-refractivity contribution >= 4 is 12.1 Å². The van der Waals surface area contributed by atoms with Gasteiger partial charge in [-0.15, -0.1) is 0 Å². The molecule has 0 aliphatic carbocycles. The molecule has 2 aliphatic heterocycles. The zero-order chi connectivity index (χ0) is 13.1. The first kappa shape index (κ1) is 12.2. The van der Waals surface area contributed by atoms with Crippen LogP contribution in [0.5, 0.6) is 0 Å². The highest BCUT2D eigenvalue weighted by Crippen LogP contribution is 2.34. The van der Waals surface area contributed by atoms with Crippen LogP contribution in [0.3, 0.4) is 0 Å². The van der Waals surface area contributed by atoms with E-state index in [0.29, 0.717) is 6.42 Å². The monoisotopic (exact) mass is 254 g/mol. The maximum absolute atomic E-state index is 12.9. The topological polar surface area (TPSA) is 32.7 Å². The third-order valence-corrected chi connectivity index (χ3v) is 4.03. The summed E-state index contributed by atoms with van der Waals surface area (Å²) < 4.78 is 0. The number of hydrogen-bond donors (Lipinski definition) is 0. The molecule has 0 N–H and O–H groups in total. The number of hydrogen-bond acceptors (Lipinski definition) is 2. The third kappa shape index (κ3) is 2.09. The van der Waals surface area contributed by atoms with Crippen molar-refractivity contribution in [1.29, 1.82) is 0 Å². The quantitative estimate of drug-likeness (QED) is 0.798. The number of carbonyl (C=O) groups is 1. The average Bonchev–Trinajstić information content (AvgIpc) is 3.02. The molecule has 3 rings (SSSR count). The summed E-state index contributed by atoms with van der Waals surface area (Å²) >= 11 is 0. The molecule has 1 fully saturated rings. The molecule has 1 saturated heterocycles. The molecule has 19 heavy (non-hydrogen) atoms. The fourth-order valence-electron chi connectivity index (χ4n) is 2.93. The first-order chi connectivity index (χ1) is 9.33. The highest BCUT2D eigenvalue weighted by molar-refractivity contribution is 5.94. The van der Waals surface area contributed by atoms with Crippen molar-refractivity contribution in [2.24, 2.45) is 4.99 Å². The van der Waals surface area contributed by atoms with E-state index in [1.165, 1.54) is 0 Å². The summed E-state index contributed by atoms with van der Waals surface area (Å²) in [5, 5.41) is 0. The summed E-state index contributed by atoms with van der Waals surface area (Å²) in [5.41, 5.74) is 0.516. The number of rotatable bonds is 2. The van der Waals surface area contributed by atoms with Crippen molar-refractivity contribution in [3.05, 3.63) is 48.2 Å². The predicted octanol–water partition coefficient (Wildman–Crippen LogP) is 2.54. The summed E-state index contributed by atoms with van der Waals surface area (Å²) in [6.45, 7) is 1.77. The Hall–Kier alpha value is -1.90. The van der Waals surface area contributed by atoms with Gasteiger partial charge in [0.1, 0.15) is 0 Å². The van der Waals surface area contributed by atoms with Crippen LogP contribution in [0.4, 0.5) is 0 Å². The molecule has 3 nitrogen and oxygen atoms in total. The Labute approximate surface area is 113 Å². The normalized spacial score (nSPS) is 25.8. The van der Waals surface area contributed by atoms with Gasteiger partial charge in [-0.25, -0.2) is 0 Å². The Morgan fingerprint density at radius 2 is 1.89 bits per heavy atom. The second-order valence-corrected chi connectivity index (χ2v) is 5.19. The zero-order valence-electron chi connectivity index (χ0n) is 11.0. The smallest absolute Gasteiger partial charge is 0.237 e. The van der Waals surface area contributed by atoms with Gasteiger partial charge in [0.15, 0.2) is 0 Å². The van der Waals surface area contributed by atoms with E-state index in [4.69, 9.17) is 0 Å². The first-order valence-electron chi connectivity index (χ1n) is 6.87. The van der Waals surface area contributed by atoms with Gasteiger partial charge in [-0.1, -0.05) is 30.3 Å². The molecule has 0 spiro atoms. The average molecular weight is 254 g/mol. The fourth-order valence-corrected chi connectivity index (χ4v) is 2.93. The van der Waals surface area contributed by atoms with Crippen LogP contribution in [0.25, 0.3) is 0 Å². The molecule has 0 bridgehead atoms. The maximum atomic E-state index is 12.9. The molecule has 0 saturated carbocycles. The van der Waals surface area contributed by atoms with Crippen molar-refractivity contribution in [3.8, 4) is 0 Å². The summed E-state index contributed by atoms with van der Waals surface area (Å²) in [7, 11) is 0. The van der Waals surface area contributed by atoms with E-state index in [-0.39, 0.29) is 5.91 Å². The molecule has 1 atom stereocenters. The second-order valence-electron chi connectivity index (χ2n) is 5.19. The van der Waals surface area contributed by atoms with E-state index in [0.717, 1.165) is 31.5 Å². The van der Waals surface area contributed by atoms with Gasteiger partial charge in [-0.2, -0.15) is 0 Å². The molecule has 2 heterocycles. The van der Waals surface area contributed by atoms with Crippen LogP contribution in [0.2, 0.25) is 0 Å². The van der Waals surface area contributed by atoms with E-state index in [1.54, 1.807) is 6.20 Å². The standard InChI is InChI=1S/C16H18N2O/c19-15(18-12-4-5-13-18)16(8-10-17-11-9-16)14-6-2-1-3-7-14/h1-3,6-8,10-11H,4-5,9,12-13H2. The van der Waals surface area contributed by atoms with E-state index >= 15 is 0 Å². The highest BCUT2D eigenvalue weighted by Gasteiger charge is 2.41. The molecule has 1 unspecified atom stereocenters. The highest BCUT2D eigenvalue weighted by atomic mass is 16.2. The lowest BCUT2D eigenvalue weighted by Gasteiger charge is -2.34. The van der Waals surface area contributed by atoms with Gasteiger partial charge in [-0.05, 0) is 24.5 Å².